The molecule has 0 atom stereocenters. The molecule has 1 amide bonds. The number of anilines is 1. The van der Waals surface area contributed by atoms with Crippen molar-refractivity contribution in [3.05, 3.63) is 93.2 Å². The van der Waals surface area contributed by atoms with Crippen molar-refractivity contribution < 1.29 is 18.3 Å². The lowest BCUT2D eigenvalue weighted by Gasteiger charge is -2.10. The molecule has 0 aliphatic rings. The van der Waals surface area contributed by atoms with E-state index in [1.807, 2.05) is 0 Å². The predicted molar refractivity (Wildman–Crippen MR) is 122 cm³/mol. The quantitative estimate of drug-likeness (QED) is 0.413. The summed E-state index contributed by atoms with van der Waals surface area (Å²) in [7, 11) is -4.26. The third-order valence-electron chi connectivity index (χ3n) is 4.91. The van der Waals surface area contributed by atoms with E-state index >= 15 is 0 Å². The van der Waals surface area contributed by atoms with Crippen LogP contribution in [0.1, 0.15) is 15.9 Å². The highest BCUT2D eigenvalue weighted by Crippen LogP contribution is 2.32. The van der Waals surface area contributed by atoms with Crippen molar-refractivity contribution in [2.45, 2.75) is 16.7 Å². The number of amides is 1. The Kier molecular flexibility index (Phi) is 5.50. The Morgan fingerprint density at radius 2 is 1.66 bits per heavy atom. The molecule has 7 nitrogen and oxygen atoms in total. The van der Waals surface area contributed by atoms with Gasteiger partial charge in [-0.3, -0.25) is 9.59 Å². The van der Waals surface area contributed by atoms with Crippen molar-refractivity contribution in [2.24, 2.45) is 0 Å². The Bertz CT molecular complexity index is 1510. The second kappa shape index (κ2) is 8.14. The first kappa shape index (κ1) is 21.6. The molecular formula is C23H17ClN2O5S. The van der Waals surface area contributed by atoms with Gasteiger partial charge in [0.05, 0.1) is 10.4 Å². The first-order chi connectivity index (χ1) is 15.2. The van der Waals surface area contributed by atoms with Crippen molar-refractivity contribution in [2.75, 3.05) is 5.32 Å². The lowest BCUT2D eigenvalue weighted by atomic mass is 10.1. The largest absolute Gasteiger partial charge is 0.506 e. The van der Waals surface area contributed by atoms with Crippen LogP contribution in [0.25, 0.3) is 10.9 Å². The zero-order chi connectivity index (χ0) is 23.0. The SMILES string of the molecule is Cc1ccc(S(=O)(=O)c2c(O)c3ccc(C(=O)Nc4ccc(Cl)cc4)cc3[nH]c2=O)cc1. The number of hydrogen-bond donors (Lipinski definition) is 3. The Morgan fingerprint density at radius 3 is 2.31 bits per heavy atom. The number of aromatic amines is 1. The van der Waals surface area contributed by atoms with Gasteiger partial charge in [-0.1, -0.05) is 29.3 Å². The molecule has 1 heterocycles. The molecule has 4 rings (SSSR count). The third-order valence-corrected chi connectivity index (χ3v) is 6.97. The fourth-order valence-electron chi connectivity index (χ4n) is 3.23. The van der Waals surface area contributed by atoms with Gasteiger partial charge in [-0.25, -0.2) is 8.42 Å². The smallest absolute Gasteiger partial charge is 0.271 e. The summed E-state index contributed by atoms with van der Waals surface area (Å²) in [5, 5.41) is 14.0. The number of pyridine rings is 1. The Hall–Kier alpha value is -3.62. The summed E-state index contributed by atoms with van der Waals surface area (Å²) >= 11 is 5.84. The van der Waals surface area contributed by atoms with Crippen LogP contribution in [0, 0.1) is 6.92 Å². The van der Waals surface area contributed by atoms with Crippen LogP contribution in [-0.2, 0) is 9.84 Å². The molecule has 32 heavy (non-hydrogen) atoms. The molecule has 0 spiro atoms. The van der Waals surface area contributed by atoms with Gasteiger partial charge in [-0.2, -0.15) is 0 Å². The van der Waals surface area contributed by atoms with Crippen LogP contribution in [0.3, 0.4) is 0 Å². The number of rotatable bonds is 4. The molecule has 0 bridgehead atoms. The highest BCUT2D eigenvalue weighted by Gasteiger charge is 2.27. The molecule has 0 aliphatic heterocycles. The number of aryl methyl sites for hydroxylation is 1. The number of sulfone groups is 1. The molecule has 0 saturated carbocycles. The summed E-state index contributed by atoms with van der Waals surface area (Å²) in [5.41, 5.74) is 0.724. The molecule has 9 heteroatoms. The lowest BCUT2D eigenvalue weighted by Crippen LogP contribution is -2.19. The molecular weight excluding hydrogens is 452 g/mol. The monoisotopic (exact) mass is 468 g/mol. The van der Waals surface area contributed by atoms with E-state index in [4.69, 9.17) is 11.6 Å². The summed E-state index contributed by atoms with van der Waals surface area (Å²) < 4.78 is 26.0. The van der Waals surface area contributed by atoms with E-state index < -0.39 is 31.9 Å². The number of halogens is 1. The molecule has 0 saturated heterocycles. The number of fused-ring (bicyclic) bond motifs is 1. The minimum Gasteiger partial charge on any atom is -0.506 e. The summed E-state index contributed by atoms with van der Waals surface area (Å²) in [5.74, 6) is -1.13. The summed E-state index contributed by atoms with van der Waals surface area (Å²) in [6.07, 6.45) is 0. The zero-order valence-corrected chi connectivity index (χ0v) is 18.3. The van der Waals surface area contributed by atoms with Gasteiger partial charge in [0.1, 0.15) is 5.75 Å². The van der Waals surface area contributed by atoms with Crippen LogP contribution in [0.15, 0.2) is 81.3 Å². The molecule has 3 aromatic carbocycles. The second-order valence-electron chi connectivity index (χ2n) is 7.17. The van der Waals surface area contributed by atoms with Gasteiger partial charge < -0.3 is 15.4 Å². The summed E-state index contributed by atoms with van der Waals surface area (Å²) in [4.78, 5) is 26.8. The maximum absolute atomic E-state index is 13.0. The number of hydrogen-bond acceptors (Lipinski definition) is 5. The number of carbonyl (C=O) groups is 1. The first-order valence-corrected chi connectivity index (χ1v) is 11.3. The fourth-order valence-corrected chi connectivity index (χ4v) is 4.74. The van der Waals surface area contributed by atoms with Gasteiger partial charge >= 0.3 is 0 Å². The van der Waals surface area contributed by atoms with Gasteiger partial charge in [-0.15, -0.1) is 0 Å². The van der Waals surface area contributed by atoms with Crippen LogP contribution in [0.4, 0.5) is 5.69 Å². The van der Waals surface area contributed by atoms with Crippen LogP contribution in [0.5, 0.6) is 5.75 Å². The number of aromatic nitrogens is 1. The normalized spacial score (nSPS) is 11.4. The second-order valence-corrected chi connectivity index (χ2v) is 9.49. The van der Waals surface area contributed by atoms with E-state index in [2.05, 4.69) is 10.3 Å². The number of carbonyl (C=O) groups excluding carboxylic acids is 1. The fraction of sp³-hybridized carbons (Fsp3) is 0.0435. The number of aromatic hydroxyl groups is 1. The molecule has 3 N–H and O–H groups in total. The van der Waals surface area contributed by atoms with E-state index in [1.54, 1.807) is 43.3 Å². The average Bonchev–Trinajstić information content (AvgIpc) is 2.75. The lowest BCUT2D eigenvalue weighted by molar-refractivity contribution is 0.102. The minimum absolute atomic E-state index is 0.0957. The first-order valence-electron chi connectivity index (χ1n) is 9.44. The van der Waals surface area contributed by atoms with Crippen molar-refractivity contribution in [1.82, 2.24) is 4.98 Å². The number of H-pyrrole nitrogens is 1. The molecule has 0 aliphatic carbocycles. The van der Waals surface area contributed by atoms with Crippen molar-refractivity contribution in [3.8, 4) is 5.75 Å². The van der Waals surface area contributed by atoms with Gasteiger partial charge in [-0.05, 0) is 61.5 Å². The minimum atomic E-state index is -4.26. The number of benzene rings is 3. The summed E-state index contributed by atoms with van der Waals surface area (Å²) in [6.45, 7) is 1.80. The zero-order valence-electron chi connectivity index (χ0n) is 16.7. The highest BCUT2D eigenvalue weighted by molar-refractivity contribution is 7.91. The van der Waals surface area contributed by atoms with Gasteiger partial charge in [0.15, 0.2) is 4.90 Å². The Morgan fingerprint density at radius 1 is 1.00 bits per heavy atom. The van der Waals surface area contributed by atoms with E-state index in [9.17, 15) is 23.1 Å². The van der Waals surface area contributed by atoms with Crippen LogP contribution >= 0.6 is 11.6 Å². The van der Waals surface area contributed by atoms with Crippen molar-refractivity contribution >= 4 is 43.9 Å². The van der Waals surface area contributed by atoms with E-state index in [1.165, 1.54) is 30.3 Å². The molecule has 0 fully saturated rings. The topological polar surface area (TPSA) is 116 Å². The van der Waals surface area contributed by atoms with Gasteiger partial charge in [0.2, 0.25) is 9.84 Å². The molecule has 0 unspecified atom stereocenters. The van der Waals surface area contributed by atoms with Crippen molar-refractivity contribution in [1.29, 1.82) is 0 Å². The average molecular weight is 469 g/mol. The Labute approximate surface area is 188 Å². The van der Waals surface area contributed by atoms with E-state index in [0.29, 0.717) is 10.7 Å². The standard InChI is InChI=1S/C23H17ClN2O5S/c1-13-2-9-17(10-3-13)32(30,31)21-20(27)18-11-4-14(12-19(18)26-23(21)29)22(28)25-16-7-5-15(24)6-8-16/h2-12H,1H3,(H,25,28)(H2,26,27,29). The predicted octanol–water partition coefficient (Wildman–Crippen LogP) is 4.28. The van der Waals surface area contributed by atoms with Crippen LogP contribution in [0.2, 0.25) is 5.02 Å². The molecule has 1 aromatic heterocycles. The highest BCUT2D eigenvalue weighted by atomic mass is 35.5. The van der Waals surface area contributed by atoms with Crippen LogP contribution < -0.4 is 10.9 Å². The summed E-state index contributed by atoms with van der Waals surface area (Å²) in [6, 6.07) is 16.6. The maximum Gasteiger partial charge on any atom is 0.271 e. The van der Waals surface area contributed by atoms with E-state index in [-0.39, 0.29) is 21.4 Å². The van der Waals surface area contributed by atoms with Crippen LogP contribution in [-0.4, -0.2) is 24.4 Å². The molecule has 4 aromatic rings. The van der Waals surface area contributed by atoms with E-state index in [0.717, 1.165) is 5.56 Å². The van der Waals surface area contributed by atoms with Gasteiger partial charge in [0.25, 0.3) is 11.5 Å². The third kappa shape index (κ3) is 3.98. The number of nitrogens with one attached hydrogen (secondary N) is 2. The molecule has 0 radical (unpaired) electrons. The Balaban J connectivity index is 1.75. The van der Waals surface area contributed by atoms with Gasteiger partial charge in [0, 0.05) is 21.7 Å². The van der Waals surface area contributed by atoms with Crippen molar-refractivity contribution in [3.63, 3.8) is 0 Å². The maximum atomic E-state index is 13.0. The molecule has 162 valence electrons.